The van der Waals surface area contributed by atoms with Crippen molar-refractivity contribution >= 4 is 11.6 Å². The molecule has 0 saturated heterocycles. The Bertz CT molecular complexity index is 877. The van der Waals surface area contributed by atoms with E-state index < -0.39 is 0 Å². The summed E-state index contributed by atoms with van der Waals surface area (Å²) in [5.41, 5.74) is 2.40. The molecule has 122 valence electrons. The van der Waals surface area contributed by atoms with Crippen molar-refractivity contribution in [3.05, 3.63) is 65.6 Å². The first kappa shape index (κ1) is 14.7. The second-order valence-corrected chi connectivity index (χ2v) is 6.11. The second kappa shape index (κ2) is 5.96. The summed E-state index contributed by atoms with van der Waals surface area (Å²) in [5, 5.41) is 6.96. The van der Waals surface area contributed by atoms with Crippen LogP contribution in [-0.4, -0.2) is 20.6 Å². The molecule has 6 nitrogen and oxygen atoms in total. The van der Waals surface area contributed by atoms with E-state index in [1.165, 1.54) is 0 Å². The fourth-order valence-electron chi connectivity index (χ4n) is 2.64. The summed E-state index contributed by atoms with van der Waals surface area (Å²) in [6, 6.07) is 11.3. The first-order valence-electron chi connectivity index (χ1n) is 8.05. The molecule has 0 spiro atoms. The monoisotopic (exact) mass is 322 g/mol. The number of para-hydroxylation sites is 1. The van der Waals surface area contributed by atoms with Crippen LogP contribution in [0.4, 0.5) is 5.69 Å². The molecule has 0 aliphatic heterocycles. The zero-order chi connectivity index (χ0) is 16.5. The van der Waals surface area contributed by atoms with Crippen LogP contribution in [0, 0.1) is 6.92 Å². The van der Waals surface area contributed by atoms with Crippen molar-refractivity contribution in [3.63, 3.8) is 0 Å². The lowest BCUT2D eigenvalue weighted by Crippen LogP contribution is -2.18. The van der Waals surface area contributed by atoms with Crippen LogP contribution < -0.4 is 5.32 Å². The predicted molar refractivity (Wildman–Crippen MR) is 88.9 cm³/mol. The minimum absolute atomic E-state index is 0.153. The maximum atomic E-state index is 12.6. The quantitative estimate of drug-likeness (QED) is 0.782. The lowest BCUT2D eigenvalue weighted by molar-refractivity contribution is 0.101. The summed E-state index contributed by atoms with van der Waals surface area (Å²) in [4.78, 5) is 17.0. The minimum atomic E-state index is -0.153. The van der Waals surface area contributed by atoms with E-state index in [-0.39, 0.29) is 5.91 Å². The average molecular weight is 322 g/mol. The van der Waals surface area contributed by atoms with Gasteiger partial charge < -0.3 is 14.4 Å². The zero-order valence-electron chi connectivity index (χ0n) is 13.4. The number of aromatic nitrogens is 3. The normalized spacial score (nSPS) is 13.9. The number of carbonyl (C=O) groups excluding carboxylic acids is 1. The Kier molecular flexibility index (Phi) is 3.65. The van der Waals surface area contributed by atoms with E-state index in [9.17, 15) is 4.79 Å². The fraction of sp³-hybridized carbons (Fsp3) is 0.278. The highest BCUT2D eigenvalue weighted by molar-refractivity contribution is 6.03. The van der Waals surface area contributed by atoms with E-state index in [2.05, 4.69) is 15.5 Å². The second-order valence-electron chi connectivity index (χ2n) is 6.11. The lowest BCUT2D eigenvalue weighted by atomic mass is 10.2. The molecule has 1 saturated carbocycles. The Morgan fingerprint density at radius 3 is 2.92 bits per heavy atom. The number of nitrogens with zero attached hydrogens (tertiary/aromatic N) is 3. The van der Waals surface area contributed by atoms with E-state index in [0.717, 1.165) is 24.1 Å². The third kappa shape index (κ3) is 2.95. The Hall–Kier alpha value is -2.89. The molecule has 3 aromatic rings. The highest BCUT2D eigenvalue weighted by Gasteiger charge is 2.29. The van der Waals surface area contributed by atoms with E-state index in [1.54, 1.807) is 6.07 Å². The molecule has 2 aromatic heterocycles. The van der Waals surface area contributed by atoms with Gasteiger partial charge in [0.15, 0.2) is 5.82 Å². The van der Waals surface area contributed by atoms with Gasteiger partial charge in [-0.1, -0.05) is 23.4 Å². The van der Waals surface area contributed by atoms with Gasteiger partial charge in [0.2, 0.25) is 5.89 Å². The molecular weight excluding hydrogens is 304 g/mol. The third-order valence-corrected chi connectivity index (χ3v) is 4.18. The number of anilines is 1. The number of rotatable bonds is 5. The molecule has 0 radical (unpaired) electrons. The largest absolute Gasteiger partial charge is 0.339 e. The van der Waals surface area contributed by atoms with Crippen LogP contribution in [0.1, 0.15) is 46.5 Å². The van der Waals surface area contributed by atoms with Gasteiger partial charge in [-0.3, -0.25) is 4.79 Å². The number of carbonyl (C=O) groups is 1. The van der Waals surface area contributed by atoms with E-state index in [4.69, 9.17) is 4.52 Å². The van der Waals surface area contributed by atoms with Crippen LogP contribution in [0.15, 0.2) is 47.1 Å². The molecule has 1 aromatic carbocycles. The van der Waals surface area contributed by atoms with Crippen molar-refractivity contribution in [1.82, 2.24) is 14.7 Å². The van der Waals surface area contributed by atoms with Gasteiger partial charge in [-0.05, 0) is 43.5 Å². The first-order chi connectivity index (χ1) is 11.7. The van der Waals surface area contributed by atoms with Crippen molar-refractivity contribution < 1.29 is 9.32 Å². The average Bonchev–Trinajstić information content (AvgIpc) is 3.14. The molecule has 24 heavy (non-hydrogen) atoms. The summed E-state index contributed by atoms with van der Waals surface area (Å²) in [7, 11) is 0. The van der Waals surface area contributed by atoms with Gasteiger partial charge in [-0.15, -0.1) is 0 Å². The Labute approximate surface area is 139 Å². The van der Waals surface area contributed by atoms with Crippen molar-refractivity contribution in [3.8, 4) is 0 Å². The summed E-state index contributed by atoms with van der Waals surface area (Å²) in [5.74, 6) is 1.58. The molecule has 1 aliphatic rings. The Morgan fingerprint density at radius 1 is 1.29 bits per heavy atom. The van der Waals surface area contributed by atoms with Gasteiger partial charge in [0.1, 0.15) is 5.69 Å². The standard InChI is InChI=1S/C18H18N4O2/c1-12-5-2-3-6-14(12)19-17(23)15-7-4-10-22(15)11-16-20-18(24-21-16)13-8-9-13/h2-7,10,13H,8-9,11H2,1H3,(H,19,23). The molecule has 1 fully saturated rings. The number of benzene rings is 1. The molecule has 4 rings (SSSR count). The van der Waals surface area contributed by atoms with Gasteiger partial charge in [0.05, 0.1) is 6.54 Å². The van der Waals surface area contributed by atoms with Crippen LogP contribution in [-0.2, 0) is 6.54 Å². The van der Waals surface area contributed by atoms with E-state index in [1.807, 2.05) is 48.0 Å². The minimum Gasteiger partial charge on any atom is -0.339 e. The topological polar surface area (TPSA) is 73.0 Å². The number of hydrogen-bond donors (Lipinski definition) is 1. The summed E-state index contributed by atoms with van der Waals surface area (Å²) in [6.45, 7) is 2.38. The Balaban J connectivity index is 1.51. The maximum absolute atomic E-state index is 12.6. The predicted octanol–water partition coefficient (Wildman–Crippen LogP) is 3.36. The number of amides is 1. The van der Waals surface area contributed by atoms with Gasteiger partial charge in [0, 0.05) is 17.8 Å². The summed E-state index contributed by atoms with van der Waals surface area (Å²) >= 11 is 0. The molecule has 2 heterocycles. The molecule has 0 bridgehead atoms. The molecule has 0 unspecified atom stereocenters. The van der Waals surface area contributed by atoms with Gasteiger partial charge in [0.25, 0.3) is 5.91 Å². The lowest BCUT2D eigenvalue weighted by Gasteiger charge is -2.10. The van der Waals surface area contributed by atoms with Crippen LogP contribution in [0.25, 0.3) is 0 Å². The van der Waals surface area contributed by atoms with Crippen molar-refractivity contribution in [1.29, 1.82) is 0 Å². The molecule has 0 atom stereocenters. The molecule has 6 heteroatoms. The number of nitrogens with one attached hydrogen (secondary N) is 1. The Morgan fingerprint density at radius 2 is 2.12 bits per heavy atom. The van der Waals surface area contributed by atoms with E-state index >= 15 is 0 Å². The molecular formula is C18H18N4O2. The highest BCUT2D eigenvalue weighted by Crippen LogP contribution is 2.38. The van der Waals surface area contributed by atoms with E-state index in [0.29, 0.717) is 29.9 Å². The molecule has 1 N–H and O–H groups in total. The summed E-state index contributed by atoms with van der Waals surface area (Å²) < 4.78 is 7.10. The van der Waals surface area contributed by atoms with Crippen LogP contribution in [0.5, 0.6) is 0 Å². The zero-order valence-corrected chi connectivity index (χ0v) is 13.4. The van der Waals surface area contributed by atoms with Gasteiger partial charge in [-0.25, -0.2) is 0 Å². The van der Waals surface area contributed by atoms with Crippen LogP contribution in [0.3, 0.4) is 0 Å². The first-order valence-corrected chi connectivity index (χ1v) is 8.05. The fourth-order valence-corrected chi connectivity index (χ4v) is 2.64. The van der Waals surface area contributed by atoms with Crippen molar-refractivity contribution in [2.24, 2.45) is 0 Å². The molecule has 1 aliphatic carbocycles. The van der Waals surface area contributed by atoms with Gasteiger partial charge in [-0.2, -0.15) is 4.98 Å². The number of hydrogen-bond acceptors (Lipinski definition) is 4. The number of aryl methyl sites for hydroxylation is 1. The van der Waals surface area contributed by atoms with Crippen molar-refractivity contribution in [2.75, 3.05) is 5.32 Å². The summed E-state index contributed by atoms with van der Waals surface area (Å²) in [6.07, 6.45) is 4.09. The molecule has 1 amide bonds. The smallest absolute Gasteiger partial charge is 0.272 e. The van der Waals surface area contributed by atoms with Crippen LogP contribution in [0.2, 0.25) is 0 Å². The SMILES string of the molecule is Cc1ccccc1NC(=O)c1cccn1Cc1noc(C2CC2)n1. The van der Waals surface area contributed by atoms with Gasteiger partial charge >= 0.3 is 0 Å². The highest BCUT2D eigenvalue weighted by atomic mass is 16.5. The maximum Gasteiger partial charge on any atom is 0.272 e. The van der Waals surface area contributed by atoms with Crippen LogP contribution >= 0.6 is 0 Å². The third-order valence-electron chi connectivity index (χ3n) is 4.18. The van der Waals surface area contributed by atoms with Crippen molar-refractivity contribution in [2.45, 2.75) is 32.2 Å².